The fraction of sp³-hybridized carbons (Fsp3) is 0.250. The van der Waals surface area contributed by atoms with Gasteiger partial charge in [0.1, 0.15) is 0 Å². The lowest BCUT2D eigenvalue weighted by Gasteiger charge is -2.12. The monoisotopic (exact) mass is 257 g/mol. The molecule has 1 aromatic carbocycles. The zero-order valence-corrected chi connectivity index (χ0v) is 10.9. The second kappa shape index (κ2) is 5.37. The van der Waals surface area contributed by atoms with E-state index in [-0.39, 0.29) is 5.78 Å². The van der Waals surface area contributed by atoms with Crippen molar-refractivity contribution in [1.82, 2.24) is 4.90 Å². The summed E-state index contributed by atoms with van der Waals surface area (Å²) in [5.41, 5.74) is 1.34. The van der Waals surface area contributed by atoms with Crippen molar-refractivity contribution in [2.24, 2.45) is 0 Å². The van der Waals surface area contributed by atoms with Crippen molar-refractivity contribution in [2.75, 3.05) is 14.1 Å². The Balaban J connectivity index is 3.02. The van der Waals surface area contributed by atoms with E-state index < -0.39 is 0 Å². The van der Waals surface area contributed by atoms with Gasteiger partial charge in [0.25, 0.3) is 0 Å². The first-order valence-electron chi connectivity index (χ1n) is 4.77. The molecule has 0 N–H and O–H groups in total. The van der Waals surface area contributed by atoms with Gasteiger partial charge < -0.3 is 4.90 Å². The van der Waals surface area contributed by atoms with E-state index in [1.807, 2.05) is 25.9 Å². The van der Waals surface area contributed by atoms with Crippen molar-refractivity contribution in [3.05, 3.63) is 45.6 Å². The van der Waals surface area contributed by atoms with E-state index in [1.165, 1.54) is 0 Å². The number of halogens is 2. The molecular formula is C12H13Cl2NO. The van der Waals surface area contributed by atoms with Crippen LogP contribution in [0.4, 0.5) is 0 Å². The van der Waals surface area contributed by atoms with E-state index in [4.69, 9.17) is 23.2 Å². The van der Waals surface area contributed by atoms with Gasteiger partial charge in [-0.15, -0.1) is 0 Å². The molecule has 0 atom stereocenters. The van der Waals surface area contributed by atoms with E-state index in [0.29, 0.717) is 15.6 Å². The average molecular weight is 258 g/mol. The van der Waals surface area contributed by atoms with Crippen molar-refractivity contribution in [1.29, 1.82) is 0 Å². The van der Waals surface area contributed by atoms with E-state index in [9.17, 15) is 4.79 Å². The van der Waals surface area contributed by atoms with Crippen LogP contribution in [0.25, 0.3) is 0 Å². The summed E-state index contributed by atoms with van der Waals surface area (Å²) >= 11 is 11.7. The van der Waals surface area contributed by atoms with Crippen LogP contribution in [0.2, 0.25) is 10.0 Å². The lowest BCUT2D eigenvalue weighted by molar-refractivity contribution is 0.104. The molecular weight excluding hydrogens is 245 g/mol. The van der Waals surface area contributed by atoms with Crippen LogP contribution in [0.15, 0.2) is 30.0 Å². The van der Waals surface area contributed by atoms with Crippen molar-refractivity contribution in [3.8, 4) is 0 Å². The first-order chi connectivity index (χ1) is 7.41. The van der Waals surface area contributed by atoms with Crippen LogP contribution >= 0.6 is 23.2 Å². The maximum absolute atomic E-state index is 11.9. The van der Waals surface area contributed by atoms with Crippen LogP contribution in [-0.4, -0.2) is 24.8 Å². The summed E-state index contributed by atoms with van der Waals surface area (Å²) < 4.78 is 0. The number of allylic oxidation sites excluding steroid dienone is 2. The Hall–Kier alpha value is -0.990. The summed E-state index contributed by atoms with van der Waals surface area (Å²) in [5, 5.41) is 0.898. The second-order valence-corrected chi connectivity index (χ2v) is 4.51. The van der Waals surface area contributed by atoms with Crippen LogP contribution in [0.1, 0.15) is 17.3 Å². The molecule has 0 amide bonds. The van der Waals surface area contributed by atoms with Crippen LogP contribution in [0.3, 0.4) is 0 Å². The Morgan fingerprint density at radius 3 is 2.44 bits per heavy atom. The number of rotatable bonds is 3. The largest absolute Gasteiger partial charge is 0.381 e. The number of nitrogens with zero attached hydrogens (tertiary/aromatic N) is 1. The number of carbonyl (C=O) groups is 1. The molecule has 0 heterocycles. The minimum atomic E-state index is -0.118. The third-order valence-corrected chi connectivity index (χ3v) is 2.79. The zero-order valence-electron chi connectivity index (χ0n) is 9.42. The summed E-state index contributed by atoms with van der Waals surface area (Å²) in [6.07, 6.45) is 1.55. The fourth-order valence-corrected chi connectivity index (χ4v) is 1.59. The predicted molar refractivity (Wildman–Crippen MR) is 68.2 cm³/mol. The average Bonchev–Trinajstić information content (AvgIpc) is 2.16. The Morgan fingerprint density at radius 1 is 1.31 bits per heavy atom. The van der Waals surface area contributed by atoms with E-state index in [0.717, 1.165) is 5.70 Å². The van der Waals surface area contributed by atoms with E-state index in [2.05, 4.69) is 0 Å². The summed E-state index contributed by atoms with van der Waals surface area (Å²) in [4.78, 5) is 13.7. The minimum Gasteiger partial charge on any atom is -0.381 e. The summed E-state index contributed by atoms with van der Waals surface area (Å²) in [6.45, 7) is 1.86. The third kappa shape index (κ3) is 3.26. The van der Waals surface area contributed by atoms with Crippen molar-refractivity contribution in [2.45, 2.75) is 6.92 Å². The van der Waals surface area contributed by atoms with Gasteiger partial charge in [-0.2, -0.15) is 0 Å². The number of carbonyl (C=O) groups excluding carboxylic acids is 1. The van der Waals surface area contributed by atoms with Gasteiger partial charge in [0.2, 0.25) is 0 Å². The van der Waals surface area contributed by atoms with Gasteiger partial charge in [-0.1, -0.05) is 23.2 Å². The Kier molecular flexibility index (Phi) is 4.39. The number of benzene rings is 1. The molecule has 4 heteroatoms. The molecule has 0 aliphatic rings. The van der Waals surface area contributed by atoms with Crippen molar-refractivity contribution >= 4 is 29.0 Å². The molecule has 1 aromatic rings. The Morgan fingerprint density at radius 2 is 1.94 bits per heavy atom. The van der Waals surface area contributed by atoms with Crippen molar-refractivity contribution in [3.63, 3.8) is 0 Å². The molecule has 86 valence electrons. The standard InChI is InChI=1S/C12H13Cl2NO/c1-8(15(2)3)6-12(16)10-5-4-9(13)7-11(10)14/h4-7H,1-3H3. The Bertz CT molecular complexity index is 439. The third-order valence-electron chi connectivity index (χ3n) is 2.24. The lowest BCUT2D eigenvalue weighted by Crippen LogP contribution is -2.10. The number of hydrogen-bond donors (Lipinski definition) is 0. The number of hydrogen-bond acceptors (Lipinski definition) is 2. The van der Waals surface area contributed by atoms with Gasteiger partial charge in [-0.05, 0) is 25.1 Å². The fourth-order valence-electron chi connectivity index (χ4n) is 1.09. The summed E-state index contributed by atoms with van der Waals surface area (Å²) in [5.74, 6) is -0.118. The van der Waals surface area contributed by atoms with Crippen LogP contribution < -0.4 is 0 Å². The quantitative estimate of drug-likeness (QED) is 0.609. The zero-order chi connectivity index (χ0) is 12.3. The van der Waals surface area contributed by atoms with Gasteiger partial charge in [0.05, 0.1) is 5.02 Å². The highest BCUT2D eigenvalue weighted by atomic mass is 35.5. The smallest absolute Gasteiger partial charge is 0.189 e. The molecule has 16 heavy (non-hydrogen) atoms. The molecule has 0 aliphatic heterocycles. The topological polar surface area (TPSA) is 20.3 Å². The van der Waals surface area contributed by atoms with Crippen LogP contribution in [0.5, 0.6) is 0 Å². The number of ketones is 1. The van der Waals surface area contributed by atoms with Crippen LogP contribution in [0, 0.1) is 0 Å². The van der Waals surface area contributed by atoms with Gasteiger partial charge in [-0.25, -0.2) is 0 Å². The normalized spacial score (nSPS) is 11.4. The maximum Gasteiger partial charge on any atom is 0.189 e. The van der Waals surface area contributed by atoms with Gasteiger partial charge >= 0.3 is 0 Å². The minimum absolute atomic E-state index is 0.118. The molecule has 0 aromatic heterocycles. The van der Waals surface area contributed by atoms with E-state index in [1.54, 1.807) is 24.3 Å². The highest BCUT2D eigenvalue weighted by Gasteiger charge is 2.09. The first-order valence-corrected chi connectivity index (χ1v) is 5.52. The molecule has 0 unspecified atom stereocenters. The molecule has 0 fully saturated rings. The van der Waals surface area contributed by atoms with Crippen LogP contribution in [-0.2, 0) is 0 Å². The molecule has 0 saturated heterocycles. The van der Waals surface area contributed by atoms with Gasteiger partial charge in [0.15, 0.2) is 5.78 Å². The molecule has 0 saturated carbocycles. The molecule has 0 spiro atoms. The molecule has 0 bridgehead atoms. The SMILES string of the molecule is CC(=CC(=O)c1ccc(Cl)cc1Cl)N(C)C. The highest BCUT2D eigenvalue weighted by Crippen LogP contribution is 2.22. The van der Waals surface area contributed by atoms with E-state index >= 15 is 0 Å². The molecule has 1 rings (SSSR count). The summed E-state index contributed by atoms with van der Waals surface area (Å²) in [7, 11) is 3.76. The van der Waals surface area contributed by atoms with Gasteiger partial charge in [-0.3, -0.25) is 4.79 Å². The molecule has 0 aliphatic carbocycles. The predicted octanol–water partition coefficient (Wildman–Crippen LogP) is 3.64. The lowest BCUT2D eigenvalue weighted by atomic mass is 10.1. The molecule has 0 radical (unpaired) electrons. The molecule has 2 nitrogen and oxygen atoms in total. The Labute approximate surface area is 105 Å². The van der Waals surface area contributed by atoms with Gasteiger partial charge in [0, 0.05) is 36.5 Å². The van der Waals surface area contributed by atoms with Crippen molar-refractivity contribution < 1.29 is 4.79 Å². The summed E-state index contributed by atoms with van der Waals surface area (Å²) in [6, 6.07) is 4.85. The highest BCUT2D eigenvalue weighted by molar-refractivity contribution is 6.37. The first kappa shape index (κ1) is 13.1. The second-order valence-electron chi connectivity index (χ2n) is 3.67. The maximum atomic E-state index is 11.9.